The second-order valence-corrected chi connectivity index (χ2v) is 5.46. The highest BCUT2D eigenvalue weighted by Crippen LogP contribution is 2.09. The van der Waals surface area contributed by atoms with E-state index in [1.807, 2.05) is 4.90 Å². The zero-order valence-corrected chi connectivity index (χ0v) is 11.5. The normalized spacial score (nSPS) is 20.9. The average Bonchev–Trinajstić information content (AvgIpc) is 2.26. The smallest absolute Gasteiger partial charge is 0.224 e. The first-order valence-electron chi connectivity index (χ1n) is 6.61. The van der Waals surface area contributed by atoms with Crippen LogP contribution in [0.15, 0.2) is 0 Å². The van der Waals surface area contributed by atoms with Crippen molar-refractivity contribution >= 4 is 5.91 Å². The molecule has 0 saturated carbocycles. The lowest BCUT2D eigenvalue weighted by atomic mass is 10.1. The first-order valence-corrected chi connectivity index (χ1v) is 6.61. The molecule has 1 aliphatic rings. The highest BCUT2D eigenvalue weighted by molar-refractivity contribution is 5.77. The van der Waals surface area contributed by atoms with Crippen molar-refractivity contribution in [2.45, 2.75) is 46.2 Å². The lowest BCUT2D eigenvalue weighted by molar-refractivity contribution is -0.134. The Morgan fingerprint density at radius 1 is 1.41 bits per heavy atom. The molecular weight excluding hydrogens is 216 g/mol. The first kappa shape index (κ1) is 14.5. The molecule has 1 amide bonds. The Morgan fingerprint density at radius 2 is 2.12 bits per heavy atom. The number of hydrogen-bond donors (Lipinski definition) is 1. The summed E-state index contributed by atoms with van der Waals surface area (Å²) in [5.41, 5.74) is 0. The predicted octanol–water partition coefficient (Wildman–Crippen LogP) is 1.26. The molecule has 1 atom stereocenters. The maximum Gasteiger partial charge on any atom is 0.224 e. The van der Waals surface area contributed by atoms with E-state index in [0.717, 1.165) is 19.7 Å². The molecule has 100 valence electrons. The Kier molecular flexibility index (Phi) is 5.92. The fourth-order valence-corrected chi connectivity index (χ4v) is 2.07. The molecule has 0 bridgehead atoms. The molecule has 0 aromatic carbocycles. The van der Waals surface area contributed by atoms with Crippen LogP contribution in [0.4, 0.5) is 0 Å². The summed E-state index contributed by atoms with van der Waals surface area (Å²) >= 11 is 0. The van der Waals surface area contributed by atoms with Gasteiger partial charge < -0.3 is 15.0 Å². The van der Waals surface area contributed by atoms with Crippen molar-refractivity contribution in [3.8, 4) is 0 Å². The van der Waals surface area contributed by atoms with Gasteiger partial charge in [0.15, 0.2) is 0 Å². The van der Waals surface area contributed by atoms with Gasteiger partial charge in [-0.2, -0.15) is 0 Å². The van der Waals surface area contributed by atoms with Crippen LogP contribution in [0.25, 0.3) is 0 Å². The van der Waals surface area contributed by atoms with Crippen LogP contribution in [0.5, 0.6) is 0 Å². The summed E-state index contributed by atoms with van der Waals surface area (Å²) < 4.78 is 5.37. The van der Waals surface area contributed by atoms with Crippen LogP contribution >= 0.6 is 0 Å². The van der Waals surface area contributed by atoms with E-state index < -0.39 is 0 Å². The van der Waals surface area contributed by atoms with Crippen LogP contribution in [0, 0.1) is 5.92 Å². The molecule has 1 rings (SSSR count). The number of hydrogen-bond acceptors (Lipinski definition) is 3. The Labute approximate surface area is 105 Å². The van der Waals surface area contributed by atoms with Crippen LogP contribution in [-0.4, -0.2) is 49.2 Å². The van der Waals surface area contributed by atoms with Crippen LogP contribution in [-0.2, 0) is 9.53 Å². The fraction of sp³-hybridized carbons (Fsp3) is 0.923. The van der Waals surface area contributed by atoms with Gasteiger partial charge >= 0.3 is 0 Å². The number of amides is 1. The number of carbonyl (C=O) groups is 1. The third-order valence-corrected chi connectivity index (χ3v) is 2.93. The molecule has 1 unspecified atom stereocenters. The van der Waals surface area contributed by atoms with Gasteiger partial charge in [-0.3, -0.25) is 4.79 Å². The van der Waals surface area contributed by atoms with E-state index in [1.165, 1.54) is 0 Å². The minimum absolute atomic E-state index is 0.185. The Morgan fingerprint density at radius 3 is 2.59 bits per heavy atom. The number of nitrogens with zero attached hydrogens (tertiary/aromatic N) is 1. The summed E-state index contributed by atoms with van der Waals surface area (Å²) in [7, 11) is 0. The Balaban J connectivity index is 2.46. The lowest BCUT2D eigenvalue weighted by Gasteiger charge is -2.31. The van der Waals surface area contributed by atoms with Gasteiger partial charge in [-0.1, -0.05) is 13.8 Å². The van der Waals surface area contributed by atoms with Crippen molar-refractivity contribution in [1.82, 2.24) is 10.2 Å². The molecule has 1 N–H and O–H groups in total. The number of nitrogens with one attached hydrogen (secondary N) is 1. The molecule has 1 saturated heterocycles. The van der Waals surface area contributed by atoms with Crippen molar-refractivity contribution in [1.29, 1.82) is 0 Å². The number of ether oxygens (including phenoxy) is 1. The third-order valence-electron chi connectivity index (χ3n) is 2.93. The van der Waals surface area contributed by atoms with Gasteiger partial charge in [-0.05, 0) is 19.8 Å². The summed E-state index contributed by atoms with van der Waals surface area (Å²) in [5, 5.41) is 3.32. The summed E-state index contributed by atoms with van der Waals surface area (Å²) in [6, 6.07) is 0.457. The van der Waals surface area contributed by atoms with E-state index in [-0.39, 0.29) is 18.0 Å². The van der Waals surface area contributed by atoms with E-state index >= 15 is 0 Å². The predicted molar refractivity (Wildman–Crippen MR) is 68.9 cm³/mol. The van der Waals surface area contributed by atoms with Crippen LogP contribution < -0.4 is 5.32 Å². The second kappa shape index (κ2) is 6.97. The monoisotopic (exact) mass is 242 g/mol. The minimum Gasteiger partial charge on any atom is -0.378 e. The van der Waals surface area contributed by atoms with Gasteiger partial charge in [0.1, 0.15) is 0 Å². The lowest BCUT2D eigenvalue weighted by Crippen LogP contribution is -2.47. The van der Waals surface area contributed by atoms with E-state index in [4.69, 9.17) is 4.74 Å². The number of rotatable bonds is 5. The van der Waals surface area contributed by atoms with Crippen molar-refractivity contribution in [2.24, 2.45) is 5.92 Å². The van der Waals surface area contributed by atoms with Crippen LogP contribution in [0.2, 0.25) is 0 Å². The highest BCUT2D eigenvalue weighted by atomic mass is 16.5. The number of morpholine rings is 1. The summed E-state index contributed by atoms with van der Waals surface area (Å²) in [4.78, 5) is 14.2. The van der Waals surface area contributed by atoms with Crippen molar-refractivity contribution < 1.29 is 9.53 Å². The standard InChI is InChI=1S/C13H26N2O2/c1-10(2)8-15(11(3)4)13(16)7-12-9-17-6-5-14-12/h10-12,14H,5-9H2,1-4H3. The average molecular weight is 242 g/mol. The molecule has 0 radical (unpaired) electrons. The van der Waals surface area contributed by atoms with E-state index in [2.05, 4.69) is 33.0 Å². The fourth-order valence-electron chi connectivity index (χ4n) is 2.07. The molecule has 0 aromatic rings. The SMILES string of the molecule is CC(C)CN(C(=O)CC1COCCN1)C(C)C. The second-order valence-electron chi connectivity index (χ2n) is 5.46. The molecule has 0 spiro atoms. The Hall–Kier alpha value is -0.610. The van der Waals surface area contributed by atoms with Crippen molar-refractivity contribution in [3.05, 3.63) is 0 Å². The van der Waals surface area contributed by atoms with Gasteiger partial charge in [-0.15, -0.1) is 0 Å². The Bertz CT molecular complexity index is 236. The molecule has 1 heterocycles. The minimum atomic E-state index is 0.185. The molecule has 1 aliphatic heterocycles. The maximum atomic E-state index is 12.2. The largest absolute Gasteiger partial charge is 0.378 e. The van der Waals surface area contributed by atoms with Crippen molar-refractivity contribution in [3.63, 3.8) is 0 Å². The third kappa shape index (κ3) is 5.04. The topological polar surface area (TPSA) is 41.6 Å². The molecule has 4 nitrogen and oxygen atoms in total. The zero-order chi connectivity index (χ0) is 12.8. The van der Waals surface area contributed by atoms with Gasteiger partial charge in [0, 0.05) is 31.6 Å². The van der Waals surface area contributed by atoms with Gasteiger partial charge in [0.25, 0.3) is 0 Å². The van der Waals surface area contributed by atoms with Gasteiger partial charge in [0.05, 0.1) is 13.2 Å². The molecule has 0 aliphatic carbocycles. The van der Waals surface area contributed by atoms with E-state index in [0.29, 0.717) is 18.9 Å². The van der Waals surface area contributed by atoms with Crippen LogP contribution in [0.1, 0.15) is 34.1 Å². The highest BCUT2D eigenvalue weighted by Gasteiger charge is 2.23. The van der Waals surface area contributed by atoms with Gasteiger partial charge in [0.2, 0.25) is 5.91 Å². The molecule has 4 heteroatoms. The first-order chi connectivity index (χ1) is 8.00. The van der Waals surface area contributed by atoms with Gasteiger partial charge in [-0.25, -0.2) is 0 Å². The summed E-state index contributed by atoms with van der Waals surface area (Å²) in [6.07, 6.45) is 0.547. The molecule has 17 heavy (non-hydrogen) atoms. The molecule has 1 fully saturated rings. The molecule has 0 aromatic heterocycles. The van der Waals surface area contributed by atoms with E-state index in [9.17, 15) is 4.79 Å². The zero-order valence-electron chi connectivity index (χ0n) is 11.5. The number of carbonyl (C=O) groups excluding carboxylic acids is 1. The quantitative estimate of drug-likeness (QED) is 0.789. The molecular formula is C13H26N2O2. The van der Waals surface area contributed by atoms with E-state index in [1.54, 1.807) is 0 Å². The van der Waals surface area contributed by atoms with Crippen molar-refractivity contribution in [2.75, 3.05) is 26.3 Å². The van der Waals surface area contributed by atoms with Crippen LogP contribution in [0.3, 0.4) is 0 Å². The summed E-state index contributed by atoms with van der Waals surface area (Å²) in [6.45, 7) is 11.5. The summed E-state index contributed by atoms with van der Waals surface area (Å²) in [5.74, 6) is 0.744. The maximum absolute atomic E-state index is 12.2.